The van der Waals surface area contributed by atoms with Crippen LogP contribution in [0.1, 0.15) is 18.4 Å². The summed E-state index contributed by atoms with van der Waals surface area (Å²) in [5.41, 5.74) is 3.79. The minimum atomic E-state index is -0.259. The third-order valence-corrected chi connectivity index (χ3v) is 5.86. The summed E-state index contributed by atoms with van der Waals surface area (Å²) < 4.78 is 13.2. The fourth-order valence-electron chi connectivity index (χ4n) is 4.28. The first-order chi connectivity index (χ1) is 15.2. The molecule has 1 fully saturated rings. The first kappa shape index (κ1) is 19.4. The quantitative estimate of drug-likeness (QED) is 0.459. The van der Waals surface area contributed by atoms with E-state index in [1.165, 1.54) is 12.1 Å². The van der Waals surface area contributed by atoms with Crippen molar-refractivity contribution in [1.29, 1.82) is 0 Å². The zero-order chi connectivity index (χ0) is 21.2. The first-order valence-electron chi connectivity index (χ1n) is 10.6. The molecule has 5 rings (SSSR count). The standard InChI is InChI=1S/C24H24FN5O/c25-18-9-7-16(8-10-18)22-13-23(29-28-22)30-11-3-4-19(15-30)27-24(31)12-17-14-26-21-6-2-1-5-20(17)21/h1-2,5-10,13-14,19,26H,3-4,11-12,15H2,(H,27,31)(H,28,29)/t19-/m1/s1. The summed E-state index contributed by atoms with van der Waals surface area (Å²) >= 11 is 0. The summed E-state index contributed by atoms with van der Waals surface area (Å²) in [5, 5.41) is 11.8. The Morgan fingerprint density at radius 3 is 2.90 bits per heavy atom. The number of carbonyl (C=O) groups is 1. The Morgan fingerprint density at radius 1 is 1.19 bits per heavy atom. The minimum Gasteiger partial charge on any atom is -0.361 e. The molecule has 0 radical (unpaired) electrons. The van der Waals surface area contributed by atoms with Crippen LogP contribution < -0.4 is 10.2 Å². The van der Waals surface area contributed by atoms with Crippen LogP contribution in [0.15, 0.2) is 60.8 Å². The lowest BCUT2D eigenvalue weighted by Gasteiger charge is -2.33. The van der Waals surface area contributed by atoms with Gasteiger partial charge in [0, 0.05) is 42.3 Å². The van der Waals surface area contributed by atoms with Gasteiger partial charge in [0.15, 0.2) is 5.82 Å². The summed E-state index contributed by atoms with van der Waals surface area (Å²) in [6, 6.07) is 16.4. The number of rotatable bonds is 5. The lowest BCUT2D eigenvalue weighted by Crippen LogP contribution is -2.48. The molecule has 2 aromatic carbocycles. The highest BCUT2D eigenvalue weighted by molar-refractivity contribution is 5.89. The monoisotopic (exact) mass is 417 g/mol. The van der Waals surface area contributed by atoms with Crippen LogP contribution in [-0.2, 0) is 11.2 Å². The number of aromatic amines is 2. The summed E-state index contributed by atoms with van der Waals surface area (Å²) in [5.74, 6) is 0.617. The van der Waals surface area contributed by atoms with Gasteiger partial charge in [-0.15, -0.1) is 0 Å². The summed E-state index contributed by atoms with van der Waals surface area (Å²) in [7, 11) is 0. The van der Waals surface area contributed by atoms with E-state index in [1.807, 2.05) is 36.5 Å². The highest BCUT2D eigenvalue weighted by Gasteiger charge is 2.23. The van der Waals surface area contributed by atoms with Crippen molar-refractivity contribution in [1.82, 2.24) is 20.5 Å². The Kier molecular flexibility index (Phi) is 5.16. The second kappa shape index (κ2) is 8.26. The summed E-state index contributed by atoms with van der Waals surface area (Å²) in [6.45, 7) is 1.61. The van der Waals surface area contributed by atoms with Gasteiger partial charge in [0.1, 0.15) is 5.82 Å². The molecular formula is C24H24FN5O. The highest BCUT2D eigenvalue weighted by atomic mass is 19.1. The second-order valence-electron chi connectivity index (χ2n) is 8.04. The SMILES string of the molecule is O=C(Cc1c[nH]c2ccccc12)N[C@@H]1CCCN(c2cc(-c3ccc(F)cc3)[nH]n2)C1. The Labute approximate surface area is 179 Å². The minimum absolute atomic E-state index is 0.0330. The predicted molar refractivity (Wildman–Crippen MR) is 119 cm³/mol. The van der Waals surface area contributed by atoms with Gasteiger partial charge in [0.25, 0.3) is 0 Å². The number of H-pyrrole nitrogens is 2. The molecule has 6 nitrogen and oxygen atoms in total. The van der Waals surface area contributed by atoms with E-state index in [0.29, 0.717) is 13.0 Å². The number of fused-ring (bicyclic) bond motifs is 1. The number of nitrogens with one attached hydrogen (secondary N) is 3. The number of hydrogen-bond acceptors (Lipinski definition) is 3. The molecule has 0 unspecified atom stereocenters. The van der Waals surface area contributed by atoms with Gasteiger partial charge in [0.2, 0.25) is 5.91 Å². The van der Waals surface area contributed by atoms with Crippen molar-refractivity contribution >= 4 is 22.6 Å². The molecule has 158 valence electrons. The van der Waals surface area contributed by atoms with Crippen molar-refractivity contribution in [2.24, 2.45) is 0 Å². The molecule has 1 atom stereocenters. The maximum absolute atomic E-state index is 13.2. The highest BCUT2D eigenvalue weighted by Crippen LogP contribution is 2.24. The first-order valence-corrected chi connectivity index (χ1v) is 10.6. The molecule has 1 aliphatic heterocycles. The van der Waals surface area contributed by atoms with Crippen LogP contribution in [0.5, 0.6) is 0 Å². The Balaban J connectivity index is 1.22. The molecule has 4 aromatic rings. The fourth-order valence-corrected chi connectivity index (χ4v) is 4.28. The molecule has 0 spiro atoms. The maximum atomic E-state index is 13.2. The van der Waals surface area contributed by atoms with Crippen molar-refractivity contribution in [3.05, 3.63) is 72.2 Å². The molecule has 1 aliphatic rings. The van der Waals surface area contributed by atoms with E-state index in [0.717, 1.165) is 52.9 Å². The van der Waals surface area contributed by atoms with Crippen LogP contribution >= 0.6 is 0 Å². The van der Waals surface area contributed by atoms with Gasteiger partial charge in [-0.25, -0.2) is 4.39 Å². The summed E-state index contributed by atoms with van der Waals surface area (Å²) in [4.78, 5) is 18.1. The number of nitrogens with zero attached hydrogens (tertiary/aromatic N) is 2. The number of benzene rings is 2. The van der Waals surface area contributed by atoms with Crippen molar-refractivity contribution < 1.29 is 9.18 Å². The normalized spacial score (nSPS) is 16.5. The molecule has 0 bridgehead atoms. The van der Waals surface area contributed by atoms with Crippen molar-refractivity contribution in [2.75, 3.05) is 18.0 Å². The number of amides is 1. The Bertz CT molecular complexity index is 1200. The second-order valence-corrected chi connectivity index (χ2v) is 8.04. The zero-order valence-electron chi connectivity index (χ0n) is 17.1. The van der Waals surface area contributed by atoms with E-state index in [1.54, 1.807) is 12.1 Å². The van der Waals surface area contributed by atoms with E-state index in [9.17, 15) is 9.18 Å². The lowest BCUT2D eigenvalue weighted by atomic mass is 10.0. The zero-order valence-corrected chi connectivity index (χ0v) is 17.1. The third-order valence-electron chi connectivity index (χ3n) is 5.86. The van der Waals surface area contributed by atoms with Gasteiger partial charge in [-0.1, -0.05) is 18.2 Å². The molecule has 31 heavy (non-hydrogen) atoms. The maximum Gasteiger partial charge on any atom is 0.224 e. The van der Waals surface area contributed by atoms with Gasteiger partial charge >= 0.3 is 0 Å². The molecule has 1 saturated heterocycles. The van der Waals surface area contributed by atoms with Gasteiger partial charge in [-0.3, -0.25) is 9.89 Å². The molecule has 7 heteroatoms. The van der Waals surface area contributed by atoms with Crippen LogP contribution in [0.2, 0.25) is 0 Å². The number of aromatic nitrogens is 3. The van der Waals surface area contributed by atoms with Crippen molar-refractivity contribution in [3.8, 4) is 11.3 Å². The molecule has 3 N–H and O–H groups in total. The number of halogens is 1. The van der Waals surface area contributed by atoms with E-state index in [-0.39, 0.29) is 17.8 Å². The van der Waals surface area contributed by atoms with Crippen LogP contribution in [0.4, 0.5) is 10.2 Å². The third kappa shape index (κ3) is 4.17. The van der Waals surface area contributed by atoms with Gasteiger partial charge in [-0.05, 0) is 54.3 Å². The Hall–Kier alpha value is -3.61. The van der Waals surface area contributed by atoms with Gasteiger partial charge in [-0.2, -0.15) is 5.10 Å². The molecule has 0 saturated carbocycles. The molecular weight excluding hydrogens is 393 g/mol. The van der Waals surface area contributed by atoms with E-state index < -0.39 is 0 Å². The predicted octanol–water partition coefficient (Wildman–Crippen LogP) is 4.02. The van der Waals surface area contributed by atoms with Crippen molar-refractivity contribution in [2.45, 2.75) is 25.3 Å². The number of hydrogen-bond donors (Lipinski definition) is 3. The summed E-state index contributed by atoms with van der Waals surface area (Å²) in [6.07, 6.45) is 4.21. The number of piperidine rings is 1. The van der Waals surface area contributed by atoms with Crippen LogP contribution in [0, 0.1) is 5.82 Å². The number of para-hydroxylation sites is 1. The van der Waals surface area contributed by atoms with E-state index >= 15 is 0 Å². The van der Waals surface area contributed by atoms with E-state index in [2.05, 4.69) is 25.4 Å². The molecule has 2 aromatic heterocycles. The lowest BCUT2D eigenvalue weighted by molar-refractivity contribution is -0.121. The van der Waals surface area contributed by atoms with Gasteiger partial charge < -0.3 is 15.2 Å². The average molecular weight is 417 g/mol. The number of anilines is 1. The number of carbonyl (C=O) groups excluding carboxylic acids is 1. The van der Waals surface area contributed by atoms with Gasteiger partial charge in [0.05, 0.1) is 12.1 Å². The molecule has 0 aliphatic carbocycles. The van der Waals surface area contributed by atoms with Crippen LogP contribution in [-0.4, -0.2) is 40.2 Å². The fraction of sp³-hybridized carbons (Fsp3) is 0.250. The van der Waals surface area contributed by atoms with Crippen molar-refractivity contribution in [3.63, 3.8) is 0 Å². The van der Waals surface area contributed by atoms with Crippen LogP contribution in [0.25, 0.3) is 22.2 Å². The van der Waals surface area contributed by atoms with E-state index in [4.69, 9.17) is 0 Å². The largest absolute Gasteiger partial charge is 0.361 e. The molecule has 3 heterocycles. The van der Waals surface area contributed by atoms with Crippen LogP contribution in [0.3, 0.4) is 0 Å². The smallest absolute Gasteiger partial charge is 0.224 e. The topological polar surface area (TPSA) is 76.8 Å². The average Bonchev–Trinajstić information content (AvgIpc) is 3.43. The molecule has 1 amide bonds. The Morgan fingerprint density at radius 2 is 2.03 bits per heavy atom.